The number of aliphatic hydroxyl groups is 4. The van der Waals surface area contributed by atoms with Gasteiger partial charge in [-0.3, -0.25) is 15.0 Å². The smallest absolute Gasteiger partial charge is 0.229 e. The molecule has 8 bridgehead atoms. The Morgan fingerprint density at radius 3 is 1.32 bits per heavy atom. The molecule has 0 unspecified atom stereocenters. The fraction of sp³-hybridized carbons (Fsp3) is 0.128. The van der Waals surface area contributed by atoms with Gasteiger partial charge < -0.3 is 39.9 Å². The summed E-state index contributed by atoms with van der Waals surface area (Å²) in [6.07, 6.45) is 11.7. The molecule has 13 nitrogen and oxygen atoms in total. The standard InChI is InChI=1S/C47H37N7O6/c55-25-39-44(56)45(57)46(58)47(60-39)59-30-3-1-26(2-4-30)40-31-5-7-33(51-31)41(27-13-19-48-20-14-27)35-9-11-37(53-35)43(29-17-23-50-24-18-29)38-12-10-36(54-38)42(28-15-21-49-22-16-28)34-8-6-32(40)52-34/h1-24,39,44-47,51-52,55-58H,25H2/t39-,44-,45+,46-,47-/m1/s1. The van der Waals surface area contributed by atoms with Crippen molar-refractivity contribution in [3.05, 3.63) is 145 Å². The van der Waals surface area contributed by atoms with E-state index in [0.29, 0.717) is 5.75 Å². The normalized spacial score (nSPS) is 19.7. The Hall–Kier alpha value is -7.13. The van der Waals surface area contributed by atoms with Crippen molar-refractivity contribution in [2.75, 3.05) is 6.61 Å². The Labute approximate surface area is 342 Å². The van der Waals surface area contributed by atoms with E-state index in [-0.39, 0.29) is 0 Å². The third kappa shape index (κ3) is 6.75. The van der Waals surface area contributed by atoms with Gasteiger partial charge in [0.05, 0.1) is 29.4 Å². The summed E-state index contributed by atoms with van der Waals surface area (Å²) in [7, 11) is 0. The van der Waals surface area contributed by atoms with Crippen molar-refractivity contribution in [1.29, 1.82) is 0 Å². The van der Waals surface area contributed by atoms with Gasteiger partial charge in [0.2, 0.25) is 6.29 Å². The quantitative estimate of drug-likeness (QED) is 0.101. The number of fused-ring (bicyclic) bond motifs is 8. The number of aromatic amines is 2. The van der Waals surface area contributed by atoms with E-state index < -0.39 is 37.3 Å². The van der Waals surface area contributed by atoms with E-state index in [1.807, 2.05) is 97.1 Å². The Bertz CT molecular complexity index is 2790. The maximum Gasteiger partial charge on any atom is 0.229 e. The third-order valence-corrected chi connectivity index (χ3v) is 10.9. The molecule has 9 heterocycles. The molecule has 296 valence electrons. The first-order valence-corrected chi connectivity index (χ1v) is 19.4. The minimum atomic E-state index is -1.56. The number of hydrogen-bond acceptors (Lipinski definition) is 11. The Morgan fingerprint density at radius 1 is 0.467 bits per heavy atom. The molecule has 3 aliphatic rings. The van der Waals surface area contributed by atoms with Crippen molar-refractivity contribution in [2.24, 2.45) is 0 Å². The molecule has 6 N–H and O–H groups in total. The molecule has 0 aliphatic carbocycles. The van der Waals surface area contributed by atoms with Gasteiger partial charge >= 0.3 is 0 Å². The van der Waals surface area contributed by atoms with Crippen molar-refractivity contribution >= 4 is 46.4 Å². The summed E-state index contributed by atoms with van der Waals surface area (Å²) in [6.45, 7) is -0.559. The maximum absolute atomic E-state index is 10.6. The van der Waals surface area contributed by atoms with Gasteiger partial charge in [-0.05, 0) is 119 Å². The topological polar surface area (TPSA) is 195 Å². The third-order valence-electron chi connectivity index (χ3n) is 10.9. The minimum Gasteiger partial charge on any atom is -0.462 e. The van der Waals surface area contributed by atoms with Crippen LogP contribution in [0.3, 0.4) is 0 Å². The van der Waals surface area contributed by atoms with Gasteiger partial charge in [0.1, 0.15) is 30.2 Å². The summed E-state index contributed by atoms with van der Waals surface area (Å²) < 4.78 is 11.6. The SMILES string of the molecule is OC[C@H]1O[C@@H](Oc2ccc(-c3c4ccc([nH]4)c(-c4ccncc4)c4nc(c(-c5ccncc5)c5nc(c(-c6ccncc6)c6ccc3[nH]6)C=C5)C=C4)cc2)[C@H](O)[C@@H](O)[C@@H]1O. The number of rotatable bonds is 7. The lowest BCUT2D eigenvalue weighted by Crippen LogP contribution is -2.60. The summed E-state index contributed by atoms with van der Waals surface area (Å²) in [5, 5.41) is 40.9. The van der Waals surface area contributed by atoms with E-state index >= 15 is 0 Å². The summed E-state index contributed by atoms with van der Waals surface area (Å²) in [4.78, 5) is 30.9. The van der Waals surface area contributed by atoms with Gasteiger partial charge in [0, 0.05) is 81.5 Å². The van der Waals surface area contributed by atoms with Crippen LogP contribution in [-0.2, 0) is 4.74 Å². The molecular weight excluding hydrogens is 759 g/mol. The van der Waals surface area contributed by atoms with Crippen LogP contribution in [0.2, 0.25) is 0 Å². The summed E-state index contributed by atoms with van der Waals surface area (Å²) in [5.74, 6) is 0.344. The van der Waals surface area contributed by atoms with Crippen LogP contribution in [-0.4, -0.2) is 92.6 Å². The molecule has 0 spiro atoms. The van der Waals surface area contributed by atoms with Gasteiger partial charge in [-0.2, -0.15) is 0 Å². The molecule has 13 heteroatoms. The van der Waals surface area contributed by atoms with Crippen molar-refractivity contribution in [3.63, 3.8) is 0 Å². The van der Waals surface area contributed by atoms with Crippen molar-refractivity contribution in [2.45, 2.75) is 30.7 Å². The second-order valence-electron chi connectivity index (χ2n) is 14.5. The van der Waals surface area contributed by atoms with E-state index in [2.05, 4.69) is 24.9 Å². The highest BCUT2D eigenvalue weighted by Crippen LogP contribution is 2.38. The van der Waals surface area contributed by atoms with Crippen LogP contribution < -0.4 is 4.74 Å². The number of H-pyrrole nitrogens is 2. The average molecular weight is 796 g/mol. The second kappa shape index (κ2) is 15.6. The number of aromatic nitrogens is 7. The molecule has 3 aliphatic heterocycles. The second-order valence-corrected chi connectivity index (χ2v) is 14.5. The molecule has 60 heavy (non-hydrogen) atoms. The molecular formula is C47H37N7O6. The molecule has 1 fully saturated rings. The number of nitrogens with zero attached hydrogens (tertiary/aromatic N) is 5. The summed E-state index contributed by atoms with van der Waals surface area (Å²) >= 11 is 0. The van der Waals surface area contributed by atoms with E-state index in [1.165, 1.54) is 0 Å². The largest absolute Gasteiger partial charge is 0.462 e. The predicted molar refractivity (Wildman–Crippen MR) is 228 cm³/mol. The van der Waals surface area contributed by atoms with E-state index in [0.717, 1.165) is 89.4 Å². The maximum atomic E-state index is 10.6. The Balaban J connectivity index is 1.23. The fourth-order valence-corrected chi connectivity index (χ4v) is 7.98. The molecule has 5 atom stereocenters. The predicted octanol–water partition coefficient (Wildman–Crippen LogP) is 6.69. The zero-order valence-electron chi connectivity index (χ0n) is 31.8. The van der Waals surface area contributed by atoms with Crippen LogP contribution in [0.5, 0.6) is 5.75 Å². The van der Waals surface area contributed by atoms with E-state index in [9.17, 15) is 20.4 Å². The number of hydrogen-bond donors (Lipinski definition) is 6. The van der Waals surface area contributed by atoms with Crippen LogP contribution in [0.15, 0.2) is 122 Å². The van der Waals surface area contributed by atoms with Gasteiger partial charge in [-0.25, -0.2) is 9.97 Å². The molecule has 6 aromatic heterocycles. The molecule has 1 saturated heterocycles. The lowest BCUT2D eigenvalue weighted by atomic mass is 9.99. The number of pyridine rings is 3. The number of benzene rings is 1. The van der Waals surface area contributed by atoms with Gasteiger partial charge in [0.15, 0.2) is 0 Å². The van der Waals surface area contributed by atoms with Crippen LogP contribution >= 0.6 is 0 Å². The Kier molecular flexibility index (Phi) is 9.64. The van der Waals surface area contributed by atoms with Crippen LogP contribution in [0.25, 0.3) is 90.9 Å². The Morgan fingerprint density at radius 2 is 0.867 bits per heavy atom. The number of ether oxygens (including phenoxy) is 2. The highest BCUT2D eigenvalue weighted by atomic mass is 16.7. The van der Waals surface area contributed by atoms with Crippen LogP contribution in [0.1, 0.15) is 22.8 Å². The van der Waals surface area contributed by atoms with Gasteiger partial charge in [-0.15, -0.1) is 0 Å². The molecule has 0 radical (unpaired) electrons. The molecule has 7 aromatic rings. The molecule has 10 rings (SSSR count). The van der Waals surface area contributed by atoms with Gasteiger partial charge in [-0.1, -0.05) is 12.1 Å². The van der Waals surface area contributed by atoms with E-state index in [1.54, 1.807) is 49.3 Å². The lowest BCUT2D eigenvalue weighted by Gasteiger charge is -2.39. The number of nitrogens with one attached hydrogen (secondary N) is 2. The first-order chi connectivity index (χ1) is 29.4. The first-order valence-electron chi connectivity index (χ1n) is 19.4. The van der Waals surface area contributed by atoms with Crippen molar-refractivity contribution < 1.29 is 29.9 Å². The van der Waals surface area contributed by atoms with Crippen LogP contribution in [0, 0.1) is 0 Å². The van der Waals surface area contributed by atoms with Gasteiger partial charge in [0.25, 0.3) is 0 Å². The minimum absolute atomic E-state index is 0.344. The highest BCUT2D eigenvalue weighted by molar-refractivity contribution is 6.00. The molecule has 0 saturated carbocycles. The average Bonchev–Trinajstić information content (AvgIpc) is 4.14. The van der Waals surface area contributed by atoms with Crippen molar-refractivity contribution in [3.8, 4) is 50.3 Å². The zero-order valence-corrected chi connectivity index (χ0v) is 31.8. The lowest BCUT2D eigenvalue weighted by molar-refractivity contribution is -0.277. The van der Waals surface area contributed by atoms with Crippen LogP contribution in [0.4, 0.5) is 0 Å². The van der Waals surface area contributed by atoms with Crippen molar-refractivity contribution in [1.82, 2.24) is 34.9 Å². The molecule has 0 amide bonds. The van der Waals surface area contributed by atoms with E-state index in [4.69, 9.17) is 19.4 Å². The monoisotopic (exact) mass is 795 g/mol. The zero-order chi connectivity index (χ0) is 40.7. The first kappa shape index (κ1) is 37.2. The summed E-state index contributed by atoms with van der Waals surface area (Å²) in [6, 6.07) is 27.2. The molecule has 1 aromatic carbocycles. The fourth-order valence-electron chi connectivity index (χ4n) is 7.98. The highest BCUT2D eigenvalue weighted by Gasteiger charge is 2.44. The number of aliphatic hydroxyl groups excluding tert-OH is 4. The summed E-state index contributed by atoms with van der Waals surface area (Å²) in [5.41, 5.74) is 13.5.